The van der Waals surface area contributed by atoms with Crippen LogP contribution >= 0.6 is 0 Å². The van der Waals surface area contributed by atoms with Crippen molar-refractivity contribution < 1.29 is 9.90 Å². The molecular formula is C10H22N2O2. The Morgan fingerprint density at radius 2 is 2.21 bits per heavy atom. The largest absolute Gasteiger partial charge is 0.396 e. The molecule has 0 spiro atoms. The average Bonchev–Trinajstić information content (AvgIpc) is 2.15. The minimum Gasteiger partial charge on any atom is -0.396 e. The van der Waals surface area contributed by atoms with E-state index in [2.05, 4.69) is 12.2 Å². The van der Waals surface area contributed by atoms with Gasteiger partial charge in [-0.2, -0.15) is 0 Å². The molecule has 0 rings (SSSR count). The molecular weight excluding hydrogens is 180 g/mol. The van der Waals surface area contributed by atoms with Crippen molar-refractivity contribution in [3.63, 3.8) is 0 Å². The molecule has 0 radical (unpaired) electrons. The number of carbonyl (C=O) groups excluding carboxylic acids is 1. The van der Waals surface area contributed by atoms with Crippen molar-refractivity contribution in [2.45, 2.75) is 32.6 Å². The number of aliphatic hydroxyl groups excluding tert-OH is 1. The minimum absolute atomic E-state index is 0.00606. The average molecular weight is 202 g/mol. The monoisotopic (exact) mass is 202 g/mol. The number of hydrogen-bond donors (Lipinski definition) is 3. The van der Waals surface area contributed by atoms with Gasteiger partial charge in [-0.3, -0.25) is 4.79 Å². The second-order valence-corrected chi connectivity index (χ2v) is 3.51. The van der Waals surface area contributed by atoms with Crippen molar-refractivity contribution >= 4 is 5.91 Å². The molecule has 0 saturated heterocycles. The SMILES string of the molecule is CCCC(CCO)CNC(=O)CCN. The summed E-state index contributed by atoms with van der Waals surface area (Å²) in [4.78, 5) is 11.1. The quantitative estimate of drug-likeness (QED) is 0.528. The molecule has 0 aliphatic heterocycles. The number of rotatable bonds is 8. The van der Waals surface area contributed by atoms with Crippen LogP contribution < -0.4 is 11.1 Å². The predicted octanol–water partition coefficient (Wildman–Crippen LogP) is 0.250. The van der Waals surface area contributed by atoms with Gasteiger partial charge < -0.3 is 16.2 Å². The van der Waals surface area contributed by atoms with E-state index in [4.69, 9.17) is 10.8 Å². The van der Waals surface area contributed by atoms with Gasteiger partial charge in [0.25, 0.3) is 0 Å². The Bertz CT molecular complexity index is 145. The first-order chi connectivity index (χ1) is 6.74. The first-order valence-corrected chi connectivity index (χ1v) is 5.32. The van der Waals surface area contributed by atoms with Crippen LogP contribution in [0, 0.1) is 5.92 Å². The highest BCUT2D eigenvalue weighted by Gasteiger charge is 2.08. The van der Waals surface area contributed by atoms with Crippen LogP contribution in [-0.2, 0) is 4.79 Å². The van der Waals surface area contributed by atoms with Crippen molar-refractivity contribution in [3.8, 4) is 0 Å². The molecule has 0 aliphatic carbocycles. The van der Waals surface area contributed by atoms with E-state index in [1.807, 2.05) is 0 Å². The Kier molecular flexibility index (Phi) is 8.57. The van der Waals surface area contributed by atoms with Gasteiger partial charge in [-0.05, 0) is 18.8 Å². The van der Waals surface area contributed by atoms with Crippen LogP contribution in [0.5, 0.6) is 0 Å². The second-order valence-electron chi connectivity index (χ2n) is 3.51. The summed E-state index contributed by atoms with van der Waals surface area (Å²) in [5.41, 5.74) is 5.25. The highest BCUT2D eigenvalue weighted by Crippen LogP contribution is 2.09. The maximum Gasteiger partial charge on any atom is 0.221 e. The first kappa shape index (κ1) is 13.4. The lowest BCUT2D eigenvalue weighted by Crippen LogP contribution is -2.31. The van der Waals surface area contributed by atoms with Gasteiger partial charge in [0.15, 0.2) is 0 Å². The smallest absolute Gasteiger partial charge is 0.221 e. The lowest BCUT2D eigenvalue weighted by molar-refractivity contribution is -0.121. The number of carbonyl (C=O) groups is 1. The van der Waals surface area contributed by atoms with Gasteiger partial charge in [-0.1, -0.05) is 13.3 Å². The maximum atomic E-state index is 11.1. The topological polar surface area (TPSA) is 75.3 Å². The molecule has 0 aromatic rings. The van der Waals surface area contributed by atoms with Crippen LogP contribution in [0.2, 0.25) is 0 Å². The third-order valence-electron chi connectivity index (χ3n) is 2.19. The highest BCUT2D eigenvalue weighted by atomic mass is 16.3. The second kappa shape index (κ2) is 8.97. The Labute approximate surface area is 85.9 Å². The number of hydrogen-bond acceptors (Lipinski definition) is 3. The fraction of sp³-hybridized carbons (Fsp3) is 0.900. The van der Waals surface area contributed by atoms with Gasteiger partial charge in [-0.25, -0.2) is 0 Å². The summed E-state index contributed by atoms with van der Waals surface area (Å²) in [5.74, 6) is 0.401. The predicted molar refractivity (Wildman–Crippen MR) is 56.8 cm³/mol. The van der Waals surface area contributed by atoms with Crippen LogP contribution in [0.3, 0.4) is 0 Å². The molecule has 4 nitrogen and oxygen atoms in total. The minimum atomic E-state index is 0.00606. The molecule has 0 saturated carbocycles. The fourth-order valence-electron chi connectivity index (χ4n) is 1.42. The number of nitrogens with one attached hydrogen (secondary N) is 1. The molecule has 0 aliphatic rings. The Morgan fingerprint density at radius 3 is 2.71 bits per heavy atom. The van der Waals surface area contributed by atoms with E-state index in [0.717, 1.165) is 19.3 Å². The first-order valence-electron chi connectivity index (χ1n) is 5.32. The Balaban J connectivity index is 3.63. The summed E-state index contributed by atoms with van der Waals surface area (Å²) in [7, 11) is 0. The van der Waals surface area contributed by atoms with Crippen LogP contribution in [-0.4, -0.2) is 30.7 Å². The normalized spacial score (nSPS) is 12.5. The van der Waals surface area contributed by atoms with E-state index in [-0.39, 0.29) is 12.5 Å². The van der Waals surface area contributed by atoms with Crippen LogP contribution in [0.25, 0.3) is 0 Å². The zero-order valence-corrected chi connectivity index (χ0v) is 8.96. The van der Waals surface area contributed by atoms with Crippen molar-refractivity contribution in [2.75, 3.05) is 19.7 Å². The molecule has 0 aromatic carbocycles. The number of aliphatic hydroxyl groups is 1. The van der Waals surface area contributed by atoms with Crippen LogP contribution in [0.15, 0.2) is 0 Å². The summed E-state index contributed by atoms with van der Waals surface area (Å²) >= 11 is 0. The number of nitrogens with two attached hydrogens (primary N) is 1. The standard InChI is InChI=1S/C10H22N2O2/c1-2-3-9(5-7-13)8-12-10(14)4-6-11/h9,13H,2-8,11H2,1H3,(H,12,14). The zero-order valence-electron chi connectivity index (χ0n) is 8.96. The van der Waals surface area contributed by atoms with Gasteiger partial charge in [0.05, 0.1) is 0 Å². The molecule has 0 fully saturated rings. The van der Waals surface area contributed by atoms with Crippen LogP contribution in [0.4, 0.5) is 0 Å². The lowest BCUT2D eigenvalue weighted by atomic mass is 10.0. The van der Waals surface area contributed by atoms with Crippen molar-refractivity contribution in [3.05, 3.63) is 0 Å². The third kappa shape index (κ3) is 6.86. The molecule has 1 amide bonds. The van der Waals surface area contributed by atoms with E-state index in [1.165, 1.54) is 0 Å². The Morgan fingerprint density at radius 1 is 1.50 bits per heavy atom. The molecule has 1 atom stereocenters. The lowest BCUT2D eigenvalue weighted by Gasteiger charge is -2.15. The Hall–Kier alpha value is -0.610. The summed E-state index contributed by atoms with van der Waals surface area (Å²) in [6.45, 7) is 3.35. The molecule has 0 aromatic heterocycles. The van der Waals surface area contributed by atoms with Crippen LogP contribution in [0.1, 0.15) is 32.6 Å². The van der Waals surface area contributed by atoms with E-state index >= 15 is 0 Å². The molecule has 0 bridgehead atoms. The van der Waals surface area contributed by atoms with Crippen molar-refractivity contribution in [1.82, 2.24) is 5.32 Å². The summed E-state index contributed by atoms with van der Waals surface area (Å²) in [6, 6.07) is 0. The summed E-state index contributed by atoms with van der Waals surface area (Å²) < 4.78 is 0. The molecule has 4 heteroatoms. The van der Waals surface area contributed by atoms with Gasteiger partial charge in [0, 0.05) is 26.1 Å². The molecule has 14 heavy (non-hydrogen) atoms. The third-order valence-corrected chi connectivity index (χ3v) is 2.19. The zero-order chi connectivity index (χ0) is 10.8. The van der Waals surface area contributed by atoms with Gasteiger partial charge >= 0.3 is 0 Å². The van der Waals surface area contributed by atoms with Gasteiger partial charge in [0.2, 0.25) is 5.91 Å². The maximum absolute atomic E-state index is 11.1. The molecule has 4 N–H and O–H groups in total. The van der Waals surface area contributed by atoms with Gasteiger partial charge in [-0.15, -0.1) is 0 Å². The summed E-state index contributed by atoms with van der Waals surface area (Å²) in [6.07, 6.45) is 3.27. The highest BCUT2D eigenvalue weighted by molar-refractivity contribution is 5.75. The van der Waals surface area contributed by atoms with E-state index in [0.29, 0.717) is 25.4 Å². The molecule has 1 unspecified atom stereocenters. The fourth-order valence-corrected chi connectivity index (χ4v) is 1.42. The molecule has 0 heterocycles. The van der Waals surface area contributed by atoms with E-state index in [1.54, 1.807) is 0 Å². The van der Waals surface area contributed by atoms with E-state index < -0.39 is 0 Å². The summed E-state index contributed by atoms with van der Waals surface area (Å²) in [5, 5.41) is 11.6. The number of amides is 1. The van der Waals surface area contributed by atoms with Gasteiger partial charge in [0.1, 0.15) is 0 Å². The van der Waals surface area contributed by atoms with Crippen molar-refractivity contribution in [1.29, 1.82) is 0 Å². The van der Waals surface area contributed by atoms with E-state index in [9.17, 15) is 4.79 Å². The van der Waals surface area contributed by atoms with Crippen molar-refractivity contribution in [2.24, 2.45) is 11.7 Å². The molecule has 84 valence electrons.